The molecule has 0 saturated heterocycles. The predicted molar refractivity (Wildman–Crippen MR) is 252 cm³/mol. The Bertz CT molecular complexity index is 721. The van der Waals surface area contributed by atoms with Crippen LogP contribution in [0.3, 0.4) is 0 Å². The van der Waals surface area contributed by atoms with Crippen molar-refractivity contribution in [2.75, 3.05) is 92.0 Å². The van der Waals surface area contributed by atoms with Gasteiger partial charge in [0.25, 0.3) is 0 Å². The standard InChI is InChI=1S/C50H102N4O3/c1-3-5-7-9-11-13-15-17-19-21-23-25-27-29-31-33-39-53(41-35-37-51)43-45-55-47-49-57-50-48-56-46-44-54(42-36-38-52)40-34-32-30-28-26-24-22-20-18-16-14-12-10-8-6-4-2/h17-20H,3-16,21-52H2,1-2H3/b19-17-,20-18+. The van der Waals surface area contributed by atoms with Gasteiger partial charge < -0.3 is 35.5 Å². The van der Waals surface area contributed by atoms with Crippen LogP contribution in [-0.4, -0.2) is 102 Å². The van der Waals surface area contributed by atoms with Gasteiger partial charge in [0.2, 0.25) is 0 Å². The highest BCUT2D eigenvalue weighted by Gasteiger charge is 2.06. The van der Waals surface area contributed by atoms with Crippen LogP contribution in [0.5, 0.6) is 0 Å². The molecule has 57 heavy (non-hydrogen) atoms. The van der Waals surface area contributed by atoms with E-state index in [1.807, 2.05) is 0 Å². The summed E-state index contributed by atoms with van der Waals surface area (Å²) in [5.41, 5.74) is 11.6. The van der Waals surface area contributed by atoms with Crippen LogP contribution in [0.1, 0.15) is 206 Å². The lowest BCUT2D eigenvalue weighted by molar-refractivity contribution is 0.00696. The summed E-state index contributed by atoms with van der Waals surface area (Å²) in [7, 11) is 0. The fourth-order valence-corrected chi connectivity index (χ4v) is 7.40. The Morgan fingerprint density at radius 1 is 0.298 bits per heavy atom. The summed E-state index contributed by atoms with van der Waals surface area (Å²) < 4.78 is 17.6. The first-order chi connectivity index (χ1) is 28.3. The van der Waals surface area contributed by atoms with E-state index in [0.717, 1.165) is 78.4 Å². The number of hydrogen-bond donors (Lipinski definition) is 2. The van der Waals surface area contributed by atoms with Gasteiger partial charge in [0.05, 0.1) is 39.6 Å². The van der Waals surface area contributed by atoms with Crippen molar-refractivity contribution in [2.24, 2.45) is 11.5 Å². The largest absolute Gasteiger partial charge is 0.378 e. The molecule has 0 spiro atoms. The summed E-state index contributed by atoms with van der Waals surface area (Å²) in [6.45, 7) is 16.5. The van der Waals surface area contributed by atoms with Gasteiger partial charge in [0.15, 0.2) is 0 Å². The van der Waals surface area contributed by atoms with Gasteiger partial charge in [0, 0.05) is 13.1 Å². The van der Waals surface area contributed by atoms with Crippen LogP contribution < -0.4 is 11.5 Å². The van der Waals surface area contributed by atoms with Crippen LogP contribution in [0.25, 0.3) is 0 Å². The van der Waals surface area contributed by atoms with Gasteiger partial charge in [-0.2, -0.15) is 0 Å². The summed E-state index contributed by atoms with van der Waals surface area (Å²) in [5, 5.41) is 0. The van der Waals surface area contributed by atoms with Gasteiger partial charge in [-0.25, -0.2) is 0 Å². The van der Waals surface area contributed by atoms with Gasteiger partial charge in [-0.05, 0) is 116 Å². The fraction of sp³-hybridized carbons (Fsp3) is 0.920. The molecular formula is C50H102N4O3. The lowest BCUT2D eigenvalue weighted by atomic mass is 10.1. The highest BCUT2D eigenvalue weighted by atomic mass is 16.5. The molecule has 0 aliphatic rings. The maximum absolute atomic E-state index is 5.92. The van der Waals surface area contributed by atoms with Crippen molar-refractivity contribution < 1.29 is 14.2 Å². The van der Waals surface area contributed by atoms with E-state index in [0.29, 0.717) is 26.4 Å². The van der Waals surface area contributed by atoms with E-state index < -0.39 is 0 Å². The van der Waals surface area contributed by atoms with Crippen molar-refractivity contribution in [1.29, 1.82) is 0 Å². The Labute approximate surface area is 357 Å². The normalized spacial score (nSPS) is 12.2. The molecular weight excluding hydrogens is 705 g/mol. The van der Waals surface area contributed by atoms with Crippen LogP contribution in [0.2, 0.25) is 0 Å². The topological polar surface area (TPSA) is 86.2 Å². The minimum absolute atomic E-state index is 0.625. The summed E-state index contributed by atoms with van der Waals surface area (Å²) in [5.74, 6) is 0. The van der Waals surface area contributed by atoms with Crippen LogP contribution in [0, 0.1) is 0 Å². The van der Waals surface area contributed by atoms with Crippen LogP contribution >= 0.6 is 0 Å². The van der Waals surface area contributed by atoms with E-state index in [1.54, 1.807) is 0 Å². The van der Waals surface area contributed by atoms with Gasteiger partial charge in [-0.15, -0.1) is 0 Å². The number of unbranched alkanes of at least 4 members (excludes halogenated alkanes) is 24. The first kappa shape index (κ1) is 56.2. The molecule has 0 radical (unpaired) electrons. The third kappa shape index (κ3) is 47.7. The van der Waals surface area contributed by atoms with E-state index in [2.05, 4.69) is 48.0 Å². The van der Waals surface area contributed by atoms with E-state index in [1.165, 1.54) is 180 Å². The Hall–Kier alpha value is -0.800. The average molecular weight is 807 g/mol. The van der Waals surface area contributed by atoms with E-state index in [4.69, 9.17) is 25.7 Å². The minimum atomic E-state index is 0.625. The van der Waals surface area contributed by atoms with Crippen LogP contribution in [-0.2, 0) is 14.2 Å². The van der Waals surface area contributed by atoms with Gasteiger partial charge in [-0.1, -0.05) is 154 Å². The molecule has 0 heterocycles. The van der Waals surface area contributed by atoms with Gasteiger partial charge in [-0.3, -0.25) is 0 Å². The van der Waals surface area contributed by atoms with Crippen molar-refractivity contribution >= 4 is 0 Å². The fourth-order valence-electron chi connectivity index (χ4n) is 7.40. The molecule has 0 aromatic heterocycles. The van der Waals surface area contributed by atoms with Crippen LogP contribution in [0.15, 0.2) is 24.3 Å². The van der Waals surface area contributed by atoms with E-state index >= 15 is 0 Å². The number of ether oxygens (including phenoxy) is 3. The average Bonchev–Trinajstić information content (AvgIpc) is 3.22. The monoisotopic (exact) mass is 807 g/mol. The lowest BCUT2D eigenvalue weighted by Gasteiger charge is -2.22. The second-order valence-electron chi connectivity index (χ2n) is 16.7. The molecule has 0 aromatic carbocycles. The summed E-state index contributed by atoms with van der Waals surface area (Å²) >= 11 is 0. The Morgan fingerprint density at radius 2 is 0.561 bits per heavy atom. The highest BCUT2D eigenvalue weighted by molar-refractivity contribution is 4.82. The second kappa shape index (κ2) is 51.3. The van der Waals surface area contributed by atoms with Gasteiger partial charge >= 0.3 is 0 Å². The Kier molecular flexibility index (Phi) is 50.6. The first-order valence-electron chi connectivity index (χ1n) is 25.2. The van der Waals surface area contributed by atoms with E-state index in [-0.39, 0.29) is 0 Å². The quantitative estimate of drug-likeness (QED) is 0.0468. The Morgan fingerprint density at radius 3 is 0.877 bits per heavy atom. The zero-order chi connectivity index (χ0) is 41.2. The molecule has 0 aliphatic heterocycles. The minimum Gasteiger partial charge on any atom is -0.378 e. The third-order valence-corrected chi connectivity index (χ3v) is 11.2. The molecule has 0 aromatic rings. The number of nitrogens with two attached hydrogens (primary N) is 2. The zero-order valence-electron chi connectivity index (χ0n) is 38.7. The van der Waals surface area contributed by atoms with Gasteiger partial charge in [0.1, 0.15) is 0 Å². The zero-order valence-corrected chi connectivity index (χ0v) is 38.7. The molecule has 0 rings (SSSR count). The molecule has 7 heteroatoms. The molecule has 0 amide bonds. The summed E-state index contributed by atoms with van der Waals surface area (Å²) in [4.78, 5) is 5.07. The van der Waals surface area contributed by atoms with Crippen molar-refractivity contribution in [1.82, 2.24) is 9.80 Å². The van der Waals surface area contributed by atoms with Crippen molar-refractivity contribution in [2.45, 2.75) is 206 Å². The molecule has 0 unspecified atom stereocenters. The number of rotatable bonds is 50. The number of nitrogens with zero attached hydrogens (tertiary/aromatic N) is 2. The SMILES string of the molecule is CCCCCCCC/C=C\CCCCCCCCN(CCCN)CCOCCOCCOCCN(CCCN)CCCCCCCC/C=C/CCCCCCCC. The smallest absolute Gasteiger partial charge is 0.0701 e. The van der Waals surface area contributed by atoms with Crippen LogP contribution in [0.4, 0.5) is 0 Å². The molecule has 0 fully saturated rings. The Balaban J connectivity index is 3.72. The first-order valence-corrected chi connectivity index (χ1v) is 25.2. The molecule has 0 bridgehead atoms. The second-order valence-corrected chi connectivity index (χ2v) is 16.7. The predicted octanol–water partition coefficient (Wildman–Crippen LogP) is 12.4. The molecule has 0 atom stereocenters. The molecule has 0 aliphatic carbocycles. The van der Waals surface area contributed by atoms with Crippen molar-refractivity contribution in [3.63, 3.8) is 0 Å². The van der Waals surface area contributed by atoms with Crippen molar-refractivity contribution in [3.8, 4) is 0 Å². The molecule has 340 valence electrons. The summed E-state index contributed by atoms with van der Waals surface area (Å²) in [6.07, 6.45) is 49.6. The molecule has 4 N–H and O–H groups in total. The lowest BCUT2D eigenvalue weighted by Crippen LogP contribution is -2.31. The maximum Gasteiger partial charge on any atom is 0.0701 e. The summed E-state index contributed by atoms with van der Waals surface area (Å²) in [6, 6.07) is 0. The molecule has 0 saturated carbocycles. The number of allylic oxidation sites excluding steroid dienone is 4. The number of hydrogen-bond acceptors (Lipinski definition) is 7. The highest BCUT2D eigenvalue weighted by Crippen LogP contribution is 2.12. The maximum atomic E-state index is 5.92. The molecule has 7 nitrogen and oxygen atoms in total. The van der Waals surface area contributed by atoms with E-state index in [9.17, 15) is 0 Å². The van der Waals surface area contributed by atoms with Crippen molar-refractivity contribution in [3.05, 3.63) is 24.3 Å². The third-order valence-electron chi connectivity index (χ3n) is 11.2.